The van der Waals surface area contributed by atoms with Gasteiger partial charge in [0.05, 0.1) is 29.7 Å². The SMILES string of the molecule is CCC1=C(C(=O)OCC(C)C)C(c2ccc(F)cc2Cl)C(C#N)=C(C)N1. The van der Waals surface area contributed by atoms with Crippen LogP contribution in [0.25, 0.3) is 0 Å². The summed E-state index contributed by atoms with van der Waals surface area (Å²) in [7, 11) is 0. The molecule has 0 bridgehead atoms. The Balaban J connectivity index is 2.62. The number of ether oxygens (including phenoxy) is 1. The molecule has 1 N–H and O–H groups in total. The van der Waals surface area contributed by atoms with Gasteiger partial charge in [-0.15, -0.1) is 0 Å². The molecule has 1 aromatic rings. The highest BCUT2D eigenvalue weighted by atomic mass is 35.5. The van der Waals surface area contributed by atoms with Crippen LogP contribution in [0.3, 0.4) is 0 Å². The number of dihydropyridines is 1. The topological polar surface area (TPSA) is 62.1 Å². The maximum atomic E-state index is 13.5. The Labute approximate surface area is 158 Å². The van der Waals surface area contributed by atoms with Crippen LogP contribution in [0, 0.1) is 23.1 Å². The molecule has 0 spiro atoms. The molecule has 4 nitrogen and oxygen atoms in total. The van der Waals surface area contributed by atoms with Crippen molar-refractivity contribution in [3.8, 4) is 6.07 Å². The van der Waals surface area contributed by atoms with Gasteiger partial charge in [-0.05, 0) is 37.0 Å². The minimum Gasteiger partial charge on any atom is -0.462 e. The predicted molar refractivity (Wildman–Crippen MR) is 98.7 cm³/mol. The first-order chi connectivity index (χ1) is 12.3. The fourth-order valence-electron chi connectivity index (χ4n) is 2.93. The maximum Gasteiger partial charge on any atom is 0.336 e. The number of nitrogens with one attached hydrogen (secondary N) is 1. The van der Waals surface area contributed by atoms with Gasteiger partial charge in [0.15, 0.2) is 0 Å². The number of hydrogen-bond donors (Lipinski definition) is 1. The number of nitrogens with zero attached hydrogens (tertiary/aromatic N) is 1. The Morgan fingerprint density at radius 2 is 2.15 bits per heavy atom. The first kappa shape index (κ1) is 20.0. The summed E-state index contributed by atoms with van der Waals surface area (Å²) < 4.78 is 18.9. The van der Waals surface area contributed by atoms with Gasteiger partial charge in [0.1, 0.15) is 5.82 Å². The van der Waals surface area contributed by atoms with Gasteiger partial charge >= 0.3 is 5.97 Å². The van der Waals surface area contributed by atoms with Crippen molar-refractivity contribution in [1.82, 2.24) is 5.32 Å². The van der Waals surface area contributed by atoms with Gasteiger partial charge in [-0.25, -0.2) is 9.18 Å². The quantitative estimate of drug-likeness (QED) is 0.748. The predicted octanol–water partition coefficient (Wildman–Crippen LogP) is 4.83. The highest BCUT2D eigenvalue weighted by Crippen LogP contribution is 2.41. The van der Waals surface area contributed by atoms with E-state index in [9.17, 15) is 14.4 Å². The lowest BCUT2D eigenvalue weighted by Crippen LogP contribution is -2.30. The molecule has 0 aliphatic carbocycles. The van der Waals surface area contributed by atoms with E-state index in [1.54, 1.807) is 6.92 Å². The van der Waals surface area contributed by atoms with E-state index < -0.39 is 17.7 Å². The smallest absolute Gasteiger partial charge is 0.336 e. The zero-order chi connectivity index (χ0) is 19.4. The van der Waals surface area contributed by atoms with Gasteiger partial charge in [-0.3, -0.25) is 0 Å². The average molecular weight is 377 g/mol. The van der Waals surface area contributed by atoms with Crippen LogP contribution in [0.2, 0.25) is 5.02 Å². The third kappa shape index (κ3) is 4.08. The van der Waals surface area contributed by atoms with E-state index in [0.717, 1.165) is 0 Å². The van der Waals surface area contributed by atoms with E-state index in [1.807, 2.05) is 20.8 Å². The van der Waals surface area contributed by atoms with Gasteiger partial charge in [0.2, 0.25) is 0 Å². The monoisotopic (exact) mass is 376 g/mol. The zero-order valence-corrected chi connectivity index (χ0v) is 16.1. The van der Waals surface area contributed by atoms with E-state index in [1.165, 1.54) is 18.2 Å². The second-order valence-corrected chi connectivity index (χ2v) is 7.02. The molecule has 0 aromatic heterocycles. The summed E-state index contributed by atoms with van der Waals surface area (Å²) in [6, 6.07) is 6.14. The molecule has 1 atom stereocenters. The van der Waals surface area contributed by atoms with Gasteiger partial charge < -0.3 is 10.1 Å². The highest BCUT2D eigenvalue weighted by Gasteiger charge is 2.36. The fraction of sp³-hybridized carbons (Fsp3) is 0.400. The summed E-state index contributed by atoms with van der Waals surface area (Å²) in [5.41, 5.74) is 2.56. The number of allylic oxidation sites excluding steroid dienone is 3. The molecule has 1 aliphatic rings. The number of halogens is 2. The number of rotatable bonds is 5. The van der Waals surface area contributed by atoms with Gasteiger partial charge in [0.25, 0.3) is 0 Å². The summed E-state index contributed by atoms with van der Waals surface area (Å²) >= 11 is 6.25. The Hall–Kier alpha value is -2.32. The Bertz CT molecular complexity index is 822. The minimum atomic E-state index is -0.691. The first-order valence-electron chi connectivity index (χ1n) is 8.53. The normalized spacial score (nSPS) is 17.2. The molecule has 1 heterocycles. The third-order valence-electron chi connectivity index (χ3n) is 4.16. The summed E-state index contributed by atoms with van der Waals surface area (Å²) in [5.74, 6) is -1.48. The van der Waals surface area contributed by atoms with Crippen LogP contribution in [0.1, 0.15) is 45.6 Å². The van der Waals surface area contributed by atoms with Crippen LogP contribution in [0.5, 0.6) is 0 Å². The van der Waals surface area contributed by atoms with Crippen LogP contribution in [0.15, 0.2) is 40.7 Å². The number of nitriles is 1. The van der Waals surface area contributed by atoms with E-state index in [2.05, 4.69) is 11.4 Å². The van der Waals surface area contributed by atoms with E-state index in [-0.39, 0.29) is 17.5 Å². The molecule has 0 saturated heterocycles. The molecule has 0 fully saturated rings. The molecule has 6 heteroatoms. The van der Waals surface area contributed by atoms with Gasteiger partial charge in [-0.2, -0.15) is 5.26 Å². The largest absolute Gasteiger partial charge is 0.462 e. The van der Waals surface area contributed by atoms with Gasteiger partial charge in [0, 0.05) is 16.4 Å². The van der Waals surface area contributed by atoms with Crippen molar-refractivity contribution in [2.45, 2.75) is 40.0 Å². The highest BCUT2D eigenvalue weighted by molar-refractivity contribution is 6.31. The van der Waals surface area contributed by atoms with E-state index in [4.69, 9.17) is 16.3 Å². The molecular weight excluding hydrogens is 355 g/mol. The van der Waals surface area contributed by atoms with Crippen molar-refractivity contribution in [2.24, 2.45) is 5.92 Å². The third-order valence-corrected chi connectivity index (χ3v) is 4.49. The number of hydrogen-bond acceptors (Lipinski definition) is 4. The number of benzene rings is 1. The van der Waals surface area contributed by atoms with E-state index in [0.29, 0.717) is 34.5 Å². The maximum absolute atomic E-state index is 13.5. The van der Waals surface area contributed by atoms with Crippen molar-refractivity contribution in [1.29, 1.82) is 5.26 Å². The summed E-state index contributed by atoms with van der Waals surface area (Å²) in [5, 5.41) is 13.0. The second-order valence-electron chi connectivity index (χ2n) is 6.61. The number of esters is 1. The van der Waals surface area contributed by atoms with Crippen molar-refractivity contribution in [3.63, 3.8) is 0 Å². The summed E-state index contributed by atoms with van der Waals surface area (Å²) in [6.45, 7) is 7.84. The van der Waals surface area contributed by atoms with Crippen molar-refractivity contribution in [3.05, 3.63) is 57.1 Å². The molecule has 138 valence electrons. The lowest BCUT2D eigenvalue weighted by atomic mass is 9.80. The Kier molecular flexibility index (Phi) is 6.44. The van der Waals surface area contributed by atoms with Crippen LogP contribution >= 0.6 is 11.6 Å². The molecular formula is C20H22ClFN2O2. The molecule has 26 heavy (non-hydrogen) atoms. The lowest BCUT2D eigenvalue weighted by Gasteiger charge is -2.30. The van der Waals surface area contributed by atoms with Crippen LogP contribution < -0.4 is 5.32 Å². The lowest BCUT2D eigenvalue weighted by molar-refractivity contribution is -0.140. The number of carbonyl (C=O) groups excluding carboxylic acids is 1. The minimum absolute atomic E-state index is 0.169. The van der Waals surface area contributed by atoms with E-state index >= 15 is 0 Å². The van der Waals surface area contributed by atoms with Crippen LogP contribution in [0.4, 0.5) is 4.39 Å². The molecule has 2 rings (SSSR count). The van der Waals surface area contributed by atoms with Crippen LogP contribution in [-0.4, -0.2) is 12.6 Å². The molecule has 1 aromatic carbocycles. The number of carbonyl (C=O) groups is 1. The Morgan fingerprint density at radius 3 is 2.69 bits per heavy atom. The first-order valence-corrected chi connectivity index (χ1v) is 8.90. The van der Waals surface area contributed by atoms with Crippen molar-refractivity contribution in [2.75, 3.05) is 6.61 Å². The fourth-order valence-corrected chi connectivity index (χ4v) is 3.21. The average Bonchev–Trinajstić information content (AvgIpc) is 2.58. The van der Waals surface area contributed by atoms with Crippen LogP contribution in [-0.2, 0) is 9.53 Å². The molecule has 0 saturated carbocycles. The van der Waals surface area contributed by atoms with Crippen molar-refractivity contribution < 1.29 is 13.9 Å². The van der Waals surface area contributed by atoms with Crippen molar-refractivity contribution >= 4 is 17.6 Å². The molecule has 0 radical (unpaired) electrons. The molecule has 1 unspecified atom stereocenters. The Morgan fingerprint density at radius 1 is 1.46 bits per heavy atom. The van der Waals surface area contributed by atoms with Gasteiger partial charge in [-0.1, -0.05) is 38.4 Å². The zero-order valence-electron chi connectivity index (χ0n) is 15.3. The second kappa shape index (κ2) is 8.37. The summed E-state index contributed by atoms with van der Waals surface area (Å²) in [4.78, 5) is 12.8. The molecule has 1 aliphatic heterocycles. The molecule has 0 amide bonds. The standard InChI is InChI=1S/C20H22ClFN2O2/c1-5-17-19(20(25)26-10-11(2)3)18(15(9-23)12(4)24-17)14-7-6-13(22)8-16(14)21/h6-8,11,18,24H,5,10H2,1-4H3. The summed E-state index contributed by atoms with van der Waals surface area (Å²) in [6.07, 6.45) is 0.553.